The maximum absolute atomic E-state index is 13.1. The van der Waals surface area contributed by atoms with Crippen LogP contribution in [0.15, 0.2) is 52.9 Å². The van der Waals surface area contributed by atoms with E-state index in [9.17, 15) is 33.0 Å². The number of anilines is 1. The fourth-order valence-electron chi connectivity index (χ4n) is 4.08. The number of nitrogens with one attached hydrogen (secondary N) is 2. The number of nitrogens with zero attached hydrogens (tertiary/aromatic N) is 2. The summed E-state index contributed by atoms with van der Waals surface area (Å²) in [6.07, 6.45) is -4.77. The zero-order chi connectivity index (χ0) is 30.3. The number of thiophene rings is 1. The molecule has 0 saturated carbocycles. The normalized spacial score (nSPS) is 13.4. The van der Waals surface area contributed by atoms with Crippen molar-refractivity contribution in [1.29, 1.82) is 0 Å². The molecule has 220 valence electrons. The number of aliphatic hydroxyl groups is 2. The van der Waals surface area contributed by atoms with Crippen molar-refractivity contribution in [2.24, 2.45) is 5.10 Å². The highest BCUT2D eigenvalue weighted by atomic mass is 35.5. The minimum Gasteiger partial charge on any atom is -0.392 e. The summed E-state index contributed by atoms with van der Waals surface area (Å²) in [5.41, 5.74) is 3.23. The van der Waals surface area contributed by atoms with Crippen LogP contribution in [0.1, 0.15) is 56.8 Å². The first-order valence-corrected chi connectivity index (χ1v) is 13.8. The van der Waals surface area contributed by atoms with Crippen molar-refractivity contribution in [3.8, 4) is 0 Å². The molecule has 2 aromatic carbocycles. The molecule has 3 aromatic rings. The van der Waals surface area contributed by atoms with E-state index in [1.54, 1.807) is 44.4 Å². The molecular weight excluding hydrogens is 581 g/mol. The zero-order valence-electron chi connectivity index (χ0n) is 22.5. The lowest BCUT2D eigenvalue weighted by Gasteiger charge is -2.25. The molecular formula is C28H30ClF3N4O4S. The average molecular weight is 611 g/mol. The summed E-state index contributed by atoms with van der Waals surface area (Å²) in [6.45, 7) is 6.08. The summed E-state index contributed by atoms with van der Waals surface area (Å²) in [4.78, 5) is 27.8. The highest BCUT2D eigenvalue weighted by Gasteiger charge is 2.33. The molecule has 0 fully saturated rings. The third kappa shape index (κ3) is 9.37. The predicted molar refractivity (Wildman–Crippen MR) is 154 cm³/mol. The molecule has 1 aromatic heterocycles. The molecule has 2 unspecified atom stereocenters. The summed E-state index contributed by atoms with van der Waals surface area (Å²) in [5, 5.41) is 27.6. The van der Waals surface area contributed by atoms with Crippen molar-refractivity contribution >= 4 is 46.0 Å². The first-order valence-electron chi connectivity index (χ1n) is 12.5. The minimum atomic E-state index is -4.64. The van der Waals surface area contributed by atoms with E-state index in [4.69, 9.17) is 11.6 Å². The molecule has 0 radical (unpaired) electrons. The monoisotopic (exact) mass is 610 g/mol. The van der Waals surface area contributed by atoms with Gasteiger partial charge in [0.1, 0.15) is 5.00 Å². The molecule has 13 heteroatoms. The lowest BCUT2D eigenvalue weighted by molar-refractivity contribution is -0.137. The number of carbonyl (C=O) groups is 2. The highest BCUT2D eigenvalue weighted by molar-refractivity contribution is 7.15. The fourth-order valence-corrected chi connectivity index (χ4v) is 5.24. The van der Waals surface area contributed by atoms with E-state index in [1.165, 1.54) is 6.07 Å². The second-order valence-electron chi connectivity index (χ2n) is 9.61. The molecule has 2 amide bonds. The number of benzene rings is 2. The first kappa shape index (κ1) is 32.2. The van der Waals surface area contributed by atoms with Gasteiger partial charge in [0.15, 0.2) is 0 Å². The van der Waals surface area contributed by atoms with E-state index in [-0.39, 0.29) is 16.1 Å². The molecule has 0 aliphatic carbocycles. The van der Waals surface area contributed by atoms with Gasteiger partial charge in [0.05, 0.1) is 34.6 Å². The van der Waals surface area contributed by atoms with E-state index in [0.717, 1.165) is 35.2 Å². The van der Waals surface area contributed by atoms with Gasteiger partial charge in [-0.1, -0.05) is 29.8 Å². The Morgan fingerprint density at radius 1 is 1.10 bits per heavy atom. The Balaban J connectivity index is 1.71. The van der Waals surface area contributed by atoms with Gasteiger partial charge in [-0.25, -0.2) is 5.43 Å². The number of carbonyl (C=O) groups excluding carboxylic acids is 2. The van der Waals surface area contributed by atoms with Crippen LogP contribution in [0.2, 0.25) is 5.02 Å². The molecule has 8 nitrogen and oxygen atoms in total. The molecule has 41 heavy (non-hydrogen) atoms. The summed E-state index contributed by atoms with van der Waals surface area (Å²) in [6, 6.07) is 10.1. The van der Waals surface area contributed by atoms with Crippen LogP contribution < -0.4 is 10.7 Å². The van der Waals surface area contributed by atoms with Crippen LogP contribution in [-0.2, 0) is 12.7 Å². The highest BCUT2D eigenvalue weighted by Crippen LogP contribution is 2.35. The van der Waals surface area contributed by atoms with Gasteiger partial charge in [0.2, 0.25) is 0 Å². The van der Waals surface area contributed by atoms with Crippen molar-refractivity contribution in [2.75, 3.05) is 18.4 Å². The van der Waals surface area contributed by atoms with Gasteiger partial charge in [-0.3, -0.25) is 14.5 Å². The third-order valence-electron chi connectivity index (χ3n) is 5.74. The van der Waals surface area contributed by atoms with Crippen LogP contribution in [0.5, 0.6) is 0 Å². The number of hydrogen-bond acceptors (Lipinski definition) is 7. The molecule has 2 atom stereocenters. The molecule has 3 rings (SSSR count). The van der Waals surface area contributed by atoms with Gasteiger partial charge in [0.25, 0.3) is 11.8 Å². The SMILES string of the molecule is Cc1csc(NC(=O)c2cccc(CN(CC(C)O)CC(C)O)c2)c1C(=O)N/N=C\c1ccc(Cl)c(C(F)(F)F)c1. The molecule has 4 N–H and O–H groups in total. The minimum absolute atomic E-state index is 0.0814. The lowest BCUT2D eigenvalue weighted by atomic mass is 10.1. The molecule has 0 bridgehead atoms. The van der Waals surface area contributed by atoms with Crippen LogP contribution in [-0.4, -0.2) is 58.4 Å². The van der Waals surface area contributed by atoms with Gasteiger partial charge in [-0.2, -0.15) is 18.3 Å². The van der Waals surface area contributed by atoms with Crippen molar-refractivity contribution in [3.05, 3.63) is 86.2 Å². The van der Waals surface area contributed by atoms with Crippen molar-refractivity contribution in [1.82, 2.24) is 10.3 Å². The Labute approximate surface area is 244 Å². The topological polar surface area (TPSA) is 114 Å². The molecule has 1 heterocycles. The summed E-state index contributed by atoms with van der Waals surface area (Å²) >= 11 is 6.78. The van der Waals surface area contributed by atoms with E-state index in [2.05, 4.69) is 15.8 Å². The van der Waals surface area contributed by atoms with Gasteiger partial charge >= 0.3 is 6.18 Å². The lowest BCUT2D eigenvalue weighted by Crippen LogP contribution is -2.35. The van der Waals surface area contributed by atoms with Crippen LogP contribution in [0.25, 0.3) is 0 Å². The Hall–Kier alpha value is -3.29. The second kappa shape index (κ2) is 14.1. The maximum atomic E-state index is 13.1. The number of alkyl halides is 3. The van der Waals surface area contributed by atoms with Gasteiger partial charge < -0.3 is 15.5 Å². The van der Waals surface area contributed by atoms with E-state index >= 15 is 0 Å². The van der Waals surface area contributed by atoms with Gasteiger partial charge in [-0.15, -0.1) is 11.3 Å². The predicted octanol–water partition coefficient (Wildman–Crippen LogP) is 5.31. The first-order chi connectivity index (χ1) is 19.2. The number of halogens is 4. The average Bonchev–Trinajstić information content (AvgIpc) is 3.23. The molecule has 0 aliphatic rings. The molecule has 0 saturated heterocycles. The van der Waals surface area contributed by atoms with E-state index < -0.39 is 40.8 Å². The van der Waals surface area contributed by atoms with Crippen LogP contribution >= 0.6 is 22.9 Å². The number of hydrazone groups is 1. The fraction of sp³-hybridized carbons (Fsp3) is 0.321. The van der Waals surface area contributed by atoms with Crippen LogP contribution in [0, 0.1) is 6.92 Å². The molecule has 0 aliphatic heterocycles. The number of rotatable bonds is 11. The van der Waals surface area contributed by atoms with Crippen molar-refractivity contribution in [3.63, 3.8) is 0 Å². The van der Waals surface area contributed by atoms with Crippen LogP contribution in [0.4, 0.5) is 18.2 Å². The standard InChI is InChI=1S/C28H30ClF3N4O4S/c1-16-15-41-27(24(16)26(40)35-33-11-19-7-8-23(29)22(10-19)28(30,31)32)34-25(39)21-6-4-5-20(9-21)14-36(12-17(2)37)13-18(3)38/h4-11,15,17-18,37-38H,12-14H2,1-3H3,(H,34,39)(H,35,40)/b33-11-. The Morgan fingerprint density at radius 2 is 1.78 bits per heavy atom. The Morgan fingerprint density at radius 3 is 2.41 bits per heavy atom. The second-order valence-corrected chi connectivity index (χ2v) is 10.9. The number of hydrogen-bond donors (Lipinski definition) is 4. The number of aryl methyl sites for hydroxylation is 1. The largest absolute Gasteiger partial charge is 0.417 e. The van der Waals surface area contributed by atoms with Crippen molar-refractivity contribution in [2.45, 2.75) is 45.7 Å². The zero-order valence-corrected chi connectivity index (χ0v) is 24.1. The number of aliphatic hydroxyl groups excluding tert-OH is 2. The Kier molecular flexibility index (Phi) is 11.0. The van der Waals surface area contributed by atoms with Crippen LogP contribution in [0.3, 0.4) is 0 Å². The number of amides is 2. The quantitative estimate of drug-likeness (QED) is 0.174. The van der Waals surface area contributed by atoms with Gasteiger partial charge in [-0.05, 0) is 67.1 Å². The summed E-state index contributed by atoms with van der Waals surface area (Å²) < 4.78 is 39.3. The summed E-state index contributed by atoms with van der Waals surface area (Å²) in [5.74, 6) is -1.11. The maximum Gasteiger partial charge on any atom is 0.417 e. The smallest absolute Gasteiger partial charge is 0.392 e. The summed E-state index contributed by atoms with van der Waals surface area (Å²) in [7, 11) is 0. The Bertz CT molecular complexity index is 1400. The molecule has 0 spiro atoms. The van der Waals surface area contributed by atoms with E-state index in [1.807, 2.05) is 11.0 Å². The third-order valence-corrected chi connectivity index (χ3v) is 7.09. The van der Waals surface area contributed by atoms with Crippen molar-refractivity contribution < 1.29 is 33.0 Å². The van der Waals surface area contributed by atoms with Gasteiger partial charge in [0, 0.05) is 25.2 Å². The van der Waals surface area contributed by atoms with E-state index in [0.29, 0.717) is 30.8 Å².